The summed E-state index contributed by atoms with van der Waals surface area (Å²) in [6.07, 6.45) is 0. The van der Waals surface area contributed by atoms with Crippen LogP contribution >= 0.6 is 0 Å². The lowest BCUT2D eigenvalue weighted by atomic mass is 9.89. The minimum absolute atomic E-state index is 0.385. The van der Waals surface area contributed by atoms with Crippen molar-refractivity contribution < 1.29 is 0 Å². The van der Waals surface area contributed by atoms with Crippen LogP contribution in [-0.2, 0) is 5.54 Å². The Morgan fingerprint density at radius 3 is 1.94 bits per heavy atom. The maximum Gasteiger partial charge on any atom is 0.0955 e. The first-order valence-corrected chi connectivity index (χ1v) is 12.7. The third-order valence-electron chi connectivity index (χ3n) is 6.98. The van der Waals surface area contributed by atoms with Crippen molar-refractivity contribution in [3.63, 3.8) is 0 Å². The lowest BCUT2D eigenvalue weighted by molar-refractivity contribution is 0.579. The number of anilines is 1. The highest BCUT2D eigenvalue weighted by Gasteiger charge is 2.30. The van der Waals surface area contributed by atoms with E-state index in [0.29, 0.717) is 11.8 Å². The Bertz CT molecular complexity index is 1470. The Morgan fingerprint density at radius 1 is 0.686 bits per heavy atom. The Morgan fingerprint density at radius 2 is 1.26 bits per heavy atom. The van der Waals surface area contributed by atoms with Crippen molar-refractivity contribution in [1.29, 1.82) is 0 Å². The Kier molecular flexibility index (Phi) is 5.88. The first-order chi connectivity index (χ1) is 16.8. The highest BCUT2D eigenvalue weighted by atomic mass is 15.3. The van der Waals surface area contributed by atoms with E-state index >= 15 is 0 Å². The summed E-state index contributed by atoms with van der Waals surface area (Å²) in [5.41, 5.74) is 6.83. The van der Waals surface area contributed by atoms with Crippen LogP contribution in [0.3, 0.4) is 0 Å². The second-order valence-electron chi connectivity index (χ2n) is 10.6. The zero-order chi connectivity index (χ0) is 24.7. The fourth-order valence-corrected chi connectivity index (χ4v) is 5.17. The van der Waals surface area contributed by atoms with Crippen molar-refractivity contribution in [2.45, 2.75) is 58.9 Å². The van der Waals surface area contributed by atoms with Gasteiger partial charge >= 0.3 is 0 Å². The van der Waals surface area contributed by atoms with E-state index in [4.69, 9.17) is 5.10 Å². The molecule has 0 saturated heterocycles. The summed E-state index contributed by atoms with van der Waals surface area (Å²) in [5.74, 6) is 0.856. The van der Waals surface area contributed by atoms with Crippen molar-refractivity contribution in [3.05, 3.63) is 102 Å². The summed E-state index contributed by atoms with van der Waals surface area (Å²) in [4.78, 5) is 0. The topological polar surface area (TPSA) is 29.9 Å². The molecule has 0 radical (unpaired) electrons. The predicted molar refractivity (Wildman–Crippen MR) is 150 cm³/mol. The average molecular weight is 462 g/mol. The minimum atomic E-state index is -0.385. The molecule has 0 aliphatic rings. The van der Waals surface area contributed by atoms with Gasteiger partial charge in [0.2, 0.25) is 0 Å². The van der Waals surface area contributed by atoms with Gasteiger partial charge < -0.3 is 5.32 Å². The molecule has 1 aromatic heterocycles. The smallest absolute Gasteiger partial charge is 0.0955 e. The van der Waals surface area contributed by atoms with Crippen LogP contribution in [0.4, 0.5) is 5.69 Å². The van der Waals surface area contributed by atoms with E-state index in [9.17, 15) is 0 Å². The molecule has 0 amide bonds. The number of benzene rings is 4. The largest absolute Gasteiger partial charge is 0.374 e. The second kappa shape index (κ2) is 8.88. The van der Waals surface area contributed by atoms with Crippen LogP contribution in [0.1, 0.15) is 70.2 Å². The number of rotatable bonds is 6. The predicted octanol–water partition coefficient (Wildman–Crippen LogP) is 8.77. The number of nitrogens with one attached hydrogen (secondary N) is 1. The SMILES string of the molecule is CC(C)c1cccc(C(C)C)c1NC(C)(C)c1nn(-c2cccc3ccccc23)c2ccccc12. The molecule has 1 N–H and O–H groups in total. The molecule has 4 aromatic carbocycles. The number of fused-ring (bicyclic) bond motifs is 2. The third-order valence-corrected chi connectivity index (χ3v) is 6.98. The molecule has 0 spiro atoms. The molecule has 3 nitrogen and oxygen atoms in total. The fraction of sp³-hybridized carbons (Fsp3) is 0.281. The molecule has 0 aliphatic carbocycles. The first kappa shape index (κ1) is 23.2. The number of nitrogens with zero attached hydrogens (tertiary/aromatic N) is 2. The van der Waals surface area contributed by atoms with Crippen molar-refractivity contribution >= 4 is 27.4 Å². The van der Waals surface area contributed by atoms with Gasteiger partial charge in [-0.05, 0) is 54.3 Å². The van der Waals surface area contributed by atoms with Gasteiger partial charge in [-0.2, -0.15) is 5.10 Å². The van der Waals surface area contributed by atoms with Gasteiger partial charge in [0, 0.05) is 16.5 Å². The van der Waals surface area contributed by atoms with Crippen LogP contribution in [0, 0.1) is 0 Å². The zero-order valence-electron chi connectivity index (χ0n) is 21.6. The molecule has 0 fully saturated rings. The Balaban J connectivity index is 1.69. The fourth-order valence-electron chi connectivity index (χ4n) is 5.17. The van der Waals surface area contributed by atoms with Gasteiger partial charge in [0.25, 0.3) is 0 Å². The van der Waals surface area contributed by atoms with Gasteiger partial charge in [-0.25, -0.2) is 4.68 Å². The van der Waals surface area contributed by atoms with Crippen LogP contribution < -0.4 is 5.32 Å². The van der Waals surface area contributed by atoms with Gasteiger partial charge in [-0.15, -0.1) is 0 Å². The summed E-state index contributed by atoms with van der Waals surface area (Å²) in [6.45, 7) is 13.6. The van der Waals surface area contributed by atoms with E-state index in [1.807, 2.05) is 0 Å². The lowest BCUT2D eigenvalue weighted by Crippen LogP contribution is -2.30. The van der Waals surface area contributed by atoms with Crippen LogP contribution in [0.2, 0.25) is 0 Å². The van der Waals surface area contributed by atoms with Gasteiger partial charge in [-0.3, -0.25) is 0 Å². The quantitative estimate of drug-likeness (QED) is 0.274. The van der Waals surface area contributed by atoms with E-state index in [-0.39, 0.29) is 5.54 Å². The van der Waals surface area contributed by atoms with Crippen LogP contribution in [0.15, 0.2) is 84.9 Å². The molecule has 0 saturated carbocycles. The maximum absolute atomic E-state index is 5.28. The number of para-hydroxylation sites is 2. The number of hydrogen-bond donors (Lipinski definition) is 1. The molecular formula is C32H35N3. The van der Waals surface area contributed by atoms with Gasteiger partial charge in [-0.1, -0.05) is 100 Å². The first-order valence-electron chi connectivity index (χ1n) is 12.7. The van der Waals surface area contributed by atoms with Crippen molar-refractivity contribution in [1.82, 2.24) is 9.78 Å². The molecule has 0 atom stereocenters. The Labute approximate surface area is 208 Å². The minimum Gasteiger partial charge on any atom is -0.374 e. The van der Waals surface area contributed by atoms with Crippen LogP contribution in [0.25, 0.3) is 27.4 Å². The maximum atomic E-state index is 5.28. The molecule has 5 rings (SSSR count). The highest BCUT2D eigenvalue weighted by Crippen LogP contribution is 2.39. The summed E-state index contributed by atoms with van der Waals surface area (Å²) in [5, 5.41) is 12.8. The summed E-state index contributed by atoms with van der Waals surface area (Å²) < 4.78 is 2.12. The summed E-state index contributed by atoms with van der Waals surface area (Å²) in [6, 6.07) is 30.2. The van der Waals surface area contributed by atoms with E-state index < -0.39 is 0 Å². The molecule has 0 aliphatic heterocycles. The monoisotopic (exact) mass is 461 g/mol. The van der Waals surface area contributed by atoms with Gasteiger partial charge in [0.05, 0.1) is 22.4 Å². The summed E-state index contributed by atoms with van der Waals surface area (Å²) in [7, 11) is 0. The van der Waals surface area contributed by atoms with E-state index in [2.05, 4.69) is 136 Å². The second-order valence-corrected chi connectivity index (χ2v) is 10.6. The van der Waals surface area contributed by atoms with E-state index in [1.54, 1.807) is 0 Å². The zero-order valence-corrected chi connectivity index (χ0v) is 21.6. The third kappa shape index (κ3) is 4.10. The van der Waals surface area contributed by atoms with Crippen molar-refractivity contribution in [3.8, 4) is 5.69 Å². The van der Waals surface area contributed by atoms with Crippen molar-refractivity contribution in [2.75, 3.05) is 5.32 Å². The average Bonchev–Trinajstić information content (AvgIpc) is 3.24. The van der Waals surface area contributed by atoms with E-state index in [1.165, 1.54) is 33.0 Å². The molecule has 5 aromatic rings. The molecule has 0 bridgehead atoms. The van der Waals surface area contributed by atoms with Gasteiger partial charge in [0.1, 0.15) is 0 Å². The molecular weight excluding hydrogens is 426 g/mol. The summed E-state index contributed by atoms with van der Waals surface area (Å²) >= 11 is 0. The molecule has 3 heteroatoms. The molecule has 178 valence electrons. The lowest BCUT2D eigenvalue weighted by Gasteiger charge is -2.31. The van der Waals surface area contributed by atoms with Crippen LogP contribution in [0.5, 0.6) is 0 Å². The van der Waals surface area contributed by atoms with Crippen molar-refractivity contribution in [2.24, 2.45) is 0 Å². The molecule has 1 heterocycles. The number of aromatic nitrogens is 2. The number of hydrogen-bond acceptors (Lipinski definition) is 2. The molecule has 35 heavy (non-hydrogen) atoms. The Hall–Kier alpha value is -3.59. The highest BCUT2D eigenvalue weighted by molar-refractivity contribution is 5.93. The normalized spacial score (nSPS) is 12.2. The van der Waals surface area contributed by atoms with Crippen LogP contribution in [-0.4, -0.2) is 9.78 Å². The standard InChI is InChI=1S/C32H35N3/c1-21(2)24-17-12-18-25(22(3)4)30(24)33-32(5,6)31-27-16-9-10-19-29(27)35(34-31)28-20-11-14-23-13-7-8-15-26(23)28/h7-22,33H,1-6H3. The molecule has 0 unspecified atom stereocenters. The van der Waals surface area contributed by atoms with Gasteiger partial charge in [0.15, 0.2) is 0 Å². The van der Waals surface area contributed by atoms with E-state index in [0.717, 1.165) is 16.9 Å².